The highest BCUT2D eigenvalue weighted by atomic mass is 16.4. The molecular weight excluding hydrogens is 247 g/mol. The summed E-state index contributed by atoms with van der Waals surface area (Å²) in [6, 6.07) is 0. The molecule has 0 spiro atoms. The summed E-state index contributed by atoms with van der Waals surface area (Å²) in [6.07, 6.45) is 6.74. The standard InChI is InChI=1S/C17H35BO2/c1-6-8-16-14(5)17(11-13(4)15(16)7-2)12(3)9-10-18(19)20/h12-17,19-20H,6-11H2,1-5H3. The van der Waals surface area contributed by atoms with Crippen molar-refractivity contribution in [3.63, 3.8) is 0 Å². The van der Waals surface area contributed by atoms with E-state index in [-0.39, 0.29) is 0 Å². The Hall–Kier alpha value is -0.0151. The van der Waals surface area contributed by atoms with E-state index in [9.17, 15) is 0 Å². The van der Waals surface area contributed by atoms with Gasteiger partial charge in [-0.05, 0) is 48.2 Å². The number of hydrogen-bond acceptors (Lipinski definition) is 2. The molecule has 2 nitrogen and oxygen atoms in total. The van der Waals surface area contributed by atoms with Crippen LogP contribution in [0.4, 0.5) is 0 Å². The minimum Gasteiger partial charge on any atom is -0.427 e. The van der Waals surface area contributed by atoms with E-state index >= 15 is 0 Å². The predicted octanol–water partition coefficient (Wildman–Crippen LogP) is 4.22. The minimum absolute atomic E-state index is 0.522. The van der Waals surface area contributed by atoms with Crippen LogP contribution in [0.2, 0.25) is 6.32 Å². The first-order valence-corrected chi connectivity index (χ1v) is 8.78. The van der Waals surface area contributed by atoms with Gasteiger partial charge in [0.1, 0.15) is 0 Å². The van der Waals surface area contributed by atoms with Gasteiger partial charge in [-0.1, -0.05) is 60.3 Å². The normalized spacial score (nSPS) is 35.9. The lowest BCUT2D eigenvalue weighted by molar-refractivity contribution is 0.0188. The van der Waals surface area contributed by atoms with E-state index in [0.29, 0.717) is 12.2 Å². The maximum atomic E-state index is 9.09. The molecule has 0 aromatic heterocycles. The first kappa shape index (κ1) is 18.0. The van der Waals surface area contributed by atoms with Crippen LogP contribution in [0.15, 0.2) is 0 Å². The van der Waals surface area contributed by atoms with Crippen LogP contribution in [0.1, 0.15) is 66.7 Å². The van der Waals surface area contributed by atoms with Crippen molar-refractivity contribution in [2.24, 2.45) is 35.5 Å². The summed E-state index contributed by atoms with van der Waals surface area (Å²) < 4.78 is 0. The Balaban J connectivity index is 2.72. The summed E-state index contributed by atoms with van der Waals surface area (Å²) in [4.78, 5) is 0. The molecule has 0 bridgehead atoms. The zero-order chi connectivity index (χ0) is 15.3. The zero-order valence-corrected chi connectivity index (χ0v) is 14.2. The molecule has 20 heavy (non-hydrogen) atoms. The van der Waals surface area contributed by atoms with Crippen molar-refractivity contribution >= 4 is 7.12 Å². The Labute approximate surface area is 126 Å². The highest BCUT2D eigenvalue weighted by Gasteiger charge is 2.41. The maximum absolute atomic E-state index is 9.09. The van der Waals surface area contributed by atoms with Gasteiger partial charge in [0.15, 0.2) is 0 Å². The molecule has 1 aliphatic carbocycles. The highest BCUT2D eigenvalue weighted by Crippen LogP contribution is 2.48. The van der Waals surface area contributed by atoms with E-state index in [1.54, 1.807) is 0 Å². The summed E-state index contributed by atoms with van der Waals surface area (Å²) in [7, 11) is -1.14. The largest absolute Gasteiger partial charge is 0.451 e. The molecule has 0 aromatic rings. The van der Waals surface area contributed by atoms with Crippen LogP contribution in [0, 0.1) is 35.5 Å². The van der Waals surface area contributed by atoms with Crippen LogP contribution in [-0.2, 0) is 0 Å². The van der Waals surface area contributed by atoms with Crippen LogP contribution in [-0.4, -0.2) is 17.2 Å². The average molecular weight is 282 g/mol. The fourth-order valence-electron chi connectivity index (χ4n) is 4.84. The van der Waals surface area contributed by atoms with Crippen LogP contribution >= 0.6 is 0 Å². The van der Waals surface area contributed by atoms with Gasteiger partial charge in [0.2, 0.25) is 0 Å². The molecule has 0 amide bonds. The van der Waals surface area contributed by atoms with Crippen molar-refractivity contribution in [1.82, 2.24) is 0 Å². The molecule has 1 aliphatic rings. The van der Waals surface area contributed by atoms with Gasteiger partial charge in [-0.15, -0.1) is 0 Å². The molecule has 6 atom stereocenters. The highest BCUT2D eigenvalue weighted by molar-refractivity contribution is 6.40. The van der Waals surface area contributed by atoms with Crippen molar-refractivity contribution in [1.29, 1.82) is 0 Å². The SMILES string of the molecule is CCCC1C(C)C(C(C)CCB(O)O)CC(C)C1CC. The predicted molar refractivity (Wildman–Crippen MR) is 87.4 cm³/mol. The van der Waals surface area contributed by atoms with Crippen LogP contribution in [0.3, 0.4) is 0 Å². The third-order valence-corrected chi connectivity index (χ3v) is 5.98. The first-order chi connectivity index (χ1) is 9.42. The third kappa shape index (κ3) is 4.49. The lowest BCUT2D eigenvalue weighted by Crippen LogP contribution is -2.40. The van der Waals surface area contributed by atoms with Crippen molar-refractivity contribution in [3.05, 3.63) is 0 Å². The second-order valence-electron chi connectivity index (χ2n) is 7.30. The smallest absolute Gasteiger partial charge is 0.427 e. The molecule has 1 rings (SSSR count). The van der Waals surface area contributed by atoms with Gasteiger partial charge in [0, 0.05) is 0 Å². The molecule has 0 aliphatic heterocycles. The Morgan fingerprint density at radius 3 is 2.30 bits per heavy atom. The van der Waals surface area contributed by atoms with E-state index in [0.717, 1.165) is 36.0 Å². The number of hydrogen-bond donors (Lipinski definition) is 2. The molecule has 118 valence electrons. The van der Waals surface area contributed by atoms with Crippen LogP contribution < -0.4 is 0 Å². The Bertz CT molecular complexity index is 270. The molecule has 0 radical (unpaired) electrons. The maximum Gasteiger partial charge on any atom is 0.451 e. The van der Waals surface area contributed by atoms with Gasteiger partial charge < -0.3 is 10.0 Å². The van der Waals surface area contributed by atoms with E-state index in [1.807, 2.05) is 0 Å². The van der Waals surface area contributed by atoms with Crippen molar-refractivity contribution in [2.45, 2.75) is 73.0 Å². The molecule has 3 heteroatoms. The Morgan fingerprint density at radius 2 is 1.80 bits per heavy atom. The minimum atomic E-state index is -1.14. The topological polar surface area (TPSA) is 40.5 Å². The second-order valence-corrected chi connectivity index (χ2v) is 7.30. The summed E-state index contributed by atoms with van der Waals surface area (Å²) in [5, 5.41) is 18.2. The molecule has 2 N–H and O–H groups in total. The second kappa shape index (κ2) is 8.43. The van der Waals surface area contributed by atoms with E-state index in [2.05, 4.69) is 34.6 Å². The summed E-state index contributed by atoms with van der Waals surface area (Å²) >= 11 is 0. The van der Waals surface area contributed by atoms with Crippen LogP contribution in [0.5, 0.6) is 0 Å². The van der Waals surface area contributed by atoms with Crippen molar-refractivity contribution in [3.8, 4) is 0 Å². The quantitative estimate of drug-likeness (QED) is 0.686. The fourth-order valence-corrected chi connectivity index (χ4v) is 4.84. The molecule has 0 saturated heterocycles. The molecule has 0 aromatic carbocycles. The summed E-state index contributed by atoms with van der Waals surface area (Å²) in [5.74, 6) is 4.70. The molecule has 1 saturated carbocycles. The zero-order valence-electron chi connectivity index (χ0n) is 14.2. The first-order valence-electron chi connectivity index (χ1n) is 8.78. The average Bonchev–Trinajstić information content (AvgIpc) is 2.40. The Kier molecular flexibility index (Phi) is 7.60. The monoisotopic (exact) mass is 282 g/mol. The van der Waals surface area contributed by atoms with Gasteiger partial charge >= 0.3 is 7.12 Å². The molecule has 0 heterocycles. The fraction of sp³-hybridized carbons (Fsp3) is 1.00. The molecular formula is C17H35BO2. The number of rotatable bonds is 7. The van der Waals surface area contributed by atoms with Gasteiger partial charge in [-0.25, -0.2) is 0 Å². The van der Waals surface area contributed by atoms with Gasteiger partial charge in [0.25, 0.3) is 0 Å². The third-order valence-electron chi connectivity index (χ3n) is 5.98. The lowest BCUT2D eigenvalue weighted by atomic mass is 9.57. The van der Waals surface area contributed by atoms with Crippen molar-refractivity contribution in [2.75, 3.05) is 0 Å². The van der Waals surface area contributed by atoms with Gasteiger partial charge in [-0.2, -0.15) is 0 Å². The lowest BCUT2D eigenvalue weighted by Gasteiger charge is -2.47. The molecule has 6 unspecified atom stereocenters. The Morgan fingerprint density at radius 1 is 1.15 bits per heavy atom. The van der Waals surface area contributed by atoms with E-state index < -0.39 is 7.12 Å². The summed E-state index contributed by atoms with van der Waals surface area (Å²) in [6.45, 7) is 11.8. The van der Waals surface area contributed by atoms with E-state index in [4.69, 9.17) is 10.0 Å². The molecule has 1 fully saturated rings. The van der Waals surface area contributed by atoms with E-state index in [1.165, 1.54) is 25.7 Å². The van der Waals surface area contributed by atoms with Gasteiger partial charge in [-0.3, -0.25) is 0 Å². The summed E-state index contributed by atoms with van der Waals surface area (Å²) in [5.41, 5.74) is 0. The van der Waals surface area contributed by atoms with Crippen molar-refractivity contribution < 1.29 is 10.0 Å². The van der Waals surface area contributed by atoms with Crippen LogP contribution in [0.25, 0.3) is 0 Å². The van der Waals surface area contributed by atoms with Gasteiger partial charge in [0.05, 0.1) is 0 Å².